The van der Waals surface area contributed by atoms with E-state index in [4.69, 9.17) is 4.74 Å². The molecule has 2 atom stereocenters. The van der Waals surface area contributed by atoms with Gasteiger partial charge >= 0.3 is 0 Å². The molecule has 2 saturated heterocycles. The molecule has 9 heteroatoms. The summed E-state index contributed by atoms with van der Waals surface area (Å²) in [4.78, 5) is 0. The van der Waals surface area contributed by atoms with E-state index in [0.717, 1.165) is 6.07 Å². The van der Waals surface area contributed by atoms with Gasteiger partial charge in [0.15, 0.2) is 0 Å². The van der Waals surface area contributed by atoms with Gasteiger partial charge < -0.3 is 15.2 Å². The fraction of sp³-hybridized carbons (Fsp3) is 0.571. The summed E-state index contributed by atoms with van der Waals surface area (Å²) >= 11 is 0. The third-order valence-electron chi connectivity index (χ3n) is 8.29. The zero-order valence-electron chi connectivity index (χ0n) is 21.6. The van der Waals surface area contributed by atoms with Crippen molar-refractivity contribution in [1.82, 2.24) is 9.62 Å². The first-order valence-electron chi connectivity index (χ1n) is 12.9. The molecule has 6 nitrogen and oxygen atoms in total. The van der Waals surface area contributed by atoms with Crippen LogP contribution in [0.5, 0.6) is 0 Å². The Kier molecular flexibility index (Phi) is 6.76. The van der Waals surface area contributed by atoms with Crippen LogP contribution in [-0.2, 0) is 26.8 Å². The molecule has 0 amide bonds. The molecule has 0 spiro atoms. The number of sulfonamides is 1. The van der Waals surface area contributed by atoms with Gasteiger partial charge in [0, 0.05) is 35.7 Å². The zero-order chi connectivity index (χ0) is 26.6. The summed E-state index contributed by atoms with van der Waals surface area (Å²) in [6.45, 7) is 7.07. The first-order valence-corrected chi connectivity index (χ1v) is 14.4. The first-order chi connectivity index (χ1) is 17.3. The van der Waals surface area contributed by atoms with Crippen LogP contribution in [0.15, 0.2) is 42.5 Å². The van der Waals surface area contributed by atoms with Crippen LogP contribution in [0.4, 0.5) is 8.78 Å². The molecule has 3 fully saturated rings. The highest BCUT2D eigenvalue weighted by molar-refractivity contribution is 7.89. The molecule has 2 aromatic rings. The van der Waals surface area contributed by atoms with Crippen molar-refractivity contribution in [3.63, 3.8) is 0 Å². The molecule has 0 aromatic heterocycles. The van der Waals surface area contributed by atoms with Gasteiger partial charge in [0.1, 0.15) is 16.9 Å². The third kappa shape index (κ3) is 4.96. The van der Waals surface area contributed by atoms with Crippen molar-refractivity contribution in [3.05, 3.63) is 70.8 Å². The van der Waals surface area contributed by atoms with Crippen LogP contribution < -0.4 is 5.32 Å². The molecule has 2 N–H and O–H groups in total. The number of nitrogens with zero attached hydrogens (tertiary/aromatic N) is 1. The topological polar surface area (TPSA) is 78.9 Å². The average molecular weight is 535 g/mol. The van der Waals surface area contributed by atoms with E-state index in [1.165, 1.54) is 10.4 Å². The number of hydrogen-bond acceptors (Lipinski definition) is 5. The summed E-state index contributed by atoms with van der Waals surface area (Å²) in [7, 11) is -3.78. The Morgan fingerprint density at radius 3 is 2.35 bits per heavy atom. The van der Waals surface area contributed by atoms with Gasteiger partial charge in [0.25, 0.3) is 0 Å². The Morgan fingerprint density at radius 2 is 1.76 bits per heavy atom. The van der Waals surface area contributed by atoms with E-state index in [9.17, 15) is 13.5 Å². The Balaban J connectivity index is 1.41. The quantitative estimate of drug-likeness (QED) is 0.551. The van der Waals surface area contributed by atoms with Crippen LogP contribution in [0.25, 0.3) is 0 Å². The van der Waals surface area contributed by atoms with Crippen LogP contribution >= 0.6 is 0 Å². The summed E-state index contributed by atoms with van der Waals surface area (Å²) in [5, 5.41) is 13.2. The maximum Gasteiger partial charge on any atom is 0.221 e. The molecule has 1 aliphatic carbocycles. The van der Waals surface area contributed by atoms with Crippen LogP contribution in [0.2, 0.25) is 0 Å². The third-order valence-corrected chi connectivity index (χ3v) is 10.7. The minimum Gasteiger partial charge on any atom is -0.390 e. The molecule has 3 aliphatic rings. The molecule has 0 bridgehead atoms. The van der Waals surface area contributed by atoms with Crippen LogP contribution in [0, 0.1) is 17.0 Å². The second kappa shape index (κ2) is 9.38. The van der Waals surface area contributed by atoms with Gasteiger partial charge in [-0.05, 0) is 57.2 Å². The van der Waals surface area contributed by atoms with Crippen molar-refractivity contribution < 1.29 is 27.0 Å². The van der Waals surface area contributed by atoms with E-state index >= 15 is 8.78 Å². The smallest absolute Gasteiger partial charge is 0.221 e. The Labute approximate surface area is 218 Å². The van der Waals surface area contributed by atoms with Crippen molar-refractivity contribution in [3.8, 4) is 0 Å². The number of aliphatic hydroxyl groups is 1. The van der Waals surface area contributed by atoms with Gasteiger partial charge in [-0.3, -0.25) is 0 Å². The van der Waals surface area contributed by atoms with E-state index < -0.39 is 38.0 Å². The molecule has 2 aromatic carbocycles. The van der Waals surface area contributed by atoms with Crippen molar-refractivity contribution in [2.45, 2.75) is 75.4 Å². The fourth-order valence-electron chi connectivity index (χ4n) is 6.19. The van der Waals surface area contributed by atoms with Gasteiger partial charge in [-0.15, -0.1) is 0 Å². The lowest BCUT2D eigenvalue weighted by Crippen LogP contribution is -2.63. The van der Waals surface area contributed by atoms with E-state index in [1.807, 2.05) is 13.0 Å². The molecule has 0 radical (unpaired) electrons. The number of hydrogen-bond donors (Lipinski definition) is 2. The van der Waals surface area contributed by atoms with Crippen molar-refractivity contribution in [2.24, 2.45) is 5.41 Å². The van der Waals surface area contributed by atoms with Gasteiger partial charge in [-0.2, -0.15) is 4.31 Å². The van der Waals surface area contributed by atoms with E-state index in [0.29, 0.717) is 38.2 Å². The number of halogens is 2. The average Bonchev–Trinajstić information content (AvgIpc) is 2.80. The summed E-state index contributed by atoms with van der Waals surface area (Å²) in [6, 6.07) is 11.0. The Hall–Kier alpha value is -1.91. The maximum absolute atomic E-state index is 15.6. The van der Waals surface area contributed by atoms with Gasteiger partial charge in [-0.1, -0.05) is 37.3 Å². The van der Waals surface area contributed by atoms with E-state index in [2.05, 4.69) is 12.2 Å². The van der Waals surface area contributed by atoms with Crippen LogP contribution in [0.1, 0.15) is 68.4 Å². The highest BCUT2D eigenvalue weighted by atomic mass is 32.2. The highest BCUT2D eigenvalue weighted by Crippen LogP contribution is 2.50. The van der Waals surface area contributed by atoms with E-state index in [-0.39, 0.29) is 42.0 Å². The summed E-state index contributed by atoms with van der Waals surface area (Å²) < 4.78 is 64.9. The van der Waals surface area contributed by atoms with Crippen molar-refractivity contribution >= 4 is 10.0 Å². The SMILES string of the molecule is CC1CCC(c2ccccc2)S(=O)(=O)N1Cc1cc(F)c([C@]2(NCC3(C)COC3)C[C@](C)(O)C2)cc1F. The molecular formula is C28H36F2N2O4S. The van der Waals surface area contributed by atoms with Crippen LogP contribution in [-0.4, -0.2) is 49.2 Å². The monoisotopic (exact) mass is 534 g/mol. The minimum absolute atomic E-state index is 0.00553. The number of rotatable bonds is 7. The lowest BCUT2D eigenvalue weighted by Gasteiger charge is -2.54. The lowest BCUT2D eigenvalue weighted by molar-refractivity contribution is -0.124. The number of nitrogens with one attached hydrogen (secondary N) is 1. The molecule has 2 aliphatic heterocycles. The largest absolute Gasteiger partial charge is 0.390 e. The summed E-state index contributed by atoms with van der Waals surface area (Å²) in [5.41, 5.74) is -1.08. The molecule has 202 valence electrons. The van der Waals surface area contributed by atoms with Gasteiger partial charge in [0.2, 0.25) is 10.0 Å². The summed E-state index contributed by atoms with van der Waals surface area (Å²) in [5.74, 6) is -1.25. The predicted molar refractivity (Wildman–Crippen MR) is 137 cm³/mol. The molecule has 37 heavy (non-hydrogen) atoms. The Morgan fingerprint density at radius 1 is 1.08 bits per heavy atom. The lowest BCUT2D eigenvalue weighted by atomic mass is 9.62. The zero-order valence-corrected chi connectivity index (χ0v) is 22.5. The molecule has 2 unspecified atom stereocenters. The van der Waals surface area contributed by atoms with Gasteiger partial charge in [0.05, 0.1) is 24.4 Å². The minimum atomic E-state index is -3.78. The Bertz CT molecular complexity index is 1260. The predicted octanol–water partition coefficient (Wildman–Crippen LogP) is 4.39. The van der Waals surface area contributed by atoms with Crippen LogP contribution in [0.3, 0.4) is 0 Å². The van der Waals surface area contributed by atoms with Gasteiger partial charge in [-0.25, -0.2) is 17.2 Å². The second-order valence-corrected chi connectivity index (χ2v) is 14.0. The second-order valence-electron chi connectivity index (χ2n) is 11.9. The normalized spacial score (nSPS) is 32.9. The maximum atomic E-state index is 15.6. The van der Waals surface area contributed by atoms with Crippen molar-refractivity contribution in [1.29, 1.82) is 0 Å². The standard InChI is InChI=1S/C28H36F2N2O4S/c1-19-9-10-25(20-7-5-4-6-8-20)37(34,35)32(19)13-21-11-24(30)22(12-23(21)29)28(14-27(3,33)15-28)31-16-26(2)17-36-18-26/h4-8,11-12,19,25,31,33H,9-10,13-18H2,1-3H3/t19?,25?,27-,28-. The van der Waals surface area contributed by atoms with E-state index in [1.54, 1.807) is 31.2 Å². The van der Waals surface area contributed by atoms with Crippen molar-refractivity contribution in [2.75, 3.05) is 19.8 Å². The molecular weight excluding hydrogens is 498 g/mol. The summed E-state index contributed by atoms with van der Waals surface area (Å²) in [6.07, 6.45) is 1.62. The number of ether oxygens (including phenoxy) is 1. The molecule has 2 heterocycles. The number of benzene rings is 2. The molecule has 1 saturated carbocycles. The fourth-order valence-corrected chi connectivity index (χ4v) is 8.38. The first kappa shape index (κ1) is 26.7. The molecule has 5 rings (SSSR count). The highest BCUT2D eigenvalue weighted by Gasteiger charge is 2.54.